The fraction of sp³-hybridized carbons (Fsp3) is 0.881. The summed E-state index contributed by atoms with van der Waals surface area (Å²) in [6.07, 6.45) is 31.0. The lowest BCUT2D eigenvalue weighted by Crippen LogP contribution is -2.74. The molecular weight excluding hydrogens is 1880 g/mol. The minimum Gasteiger partial charge on any atom is -0.460 e. The van der Waals surface area contributed by atoms with Crippen molar-refractivity contribution in [3.05, 3.63) is 11.6 Å². The number of ketones is 1. The third-order valence-electron chi connectivity index (χ3n) is 30.2. The molecule has 0 radical (unpaired) electrons. The second-order valence-corrected chi connectivity index (χ2v) is 46.6. The Labute approximate surface area is 879 Å². The summed E-state index contributed by atoms with van der Waals surface area (Å²) in [7, 11) is 5.90. The van der Waals surface area contributed by atoms with Gasteiger partial charge < -0.3 is 83.0 Å². The minimum atomic E-state index is -1.24. The number of amides is 6. The highest BCUT2D eigenvalue weighted by Crippen LogP contribution is 2.67. The number of nitrogens with two attached hydrogens (primary N) is 1. The molecule has 0 spiro atoms. The topological polar surface area (TPSA) is 407 Å². The maximum absolute atomic E-state index is 12.9. The van der Waals surface area contributed by atoms with Crippen LogP contribution in [0.1, 0.15) is 372 Å². The maximum Gasteiger partial charge on any atom is 0.407 e. The quantitative estimate of drug-likeness (QED) is 0.00823. The molecule has 836 valence electrons. The Morgan fingerprint density at radius 2 is 1.09 bits per heavy atom. The van der Waals surface area contributed by atoms with Crippen molar-refractivity contribution in [1.29, 1.82) is 10.5 Å². The normalized spacial score (nSPS) is 26.1. The maximum atomic E-state index is 12.9. The molecule has 4 aliphatic carbocycles. The summed E-state index contributed by atoms with van der Waals surface area (Å²) in [5.74, 6) is 3.99. The molecule has 10 rings (SSSR count). The Hall–Kier alpha value is -5.91. The number of alkyl carbamates (subject to hydrolysis) is 1. The molecule has 6 amide bonds. The van der Waals surface area contributed by atoms with E-state index < -0.39 is 29.0 Å². The van der Waals surface area contributed by atoms with Crippen LogP contribution in [0.25, 0.3) is 0 Å². The monoisotopic (exact) mass is 2090 g/mol. The number of quaternary nitrogens is 1. The highest BCUT2D eigenvalue weighted by molar-refractivity contribution is 7.48. The predicted molar refractivity (Wildman–Crippen MR) is 578 cm³/mol. The lowest BCUT2D eigenvalue weighted by molar-refractivity contribution is -0.538. The molecule has 5 saturated heterocycles. The Balaban J connectivity index is 0.000000463. The van der Waals surface area contributed by atoms with Crippen molar-refractivity contribution < 1.29 is 86.9 Å². The number of esters is 1. The van der Waals surface area contributed by atoms with E-state index in [1.54, 1.807) is 9.80 Å². The van der Waals surface area contributed by atoms with E-state index in [2.05, 4.69) is 174 Å². The first-order valence-corrected chi connectivity index (χ1v) is 58.3. The van der Waals surface area contributed by atoms with Gasteiger partial charge in [0, 0.05) is 151 Å². The van der Waals surface area contributed by atoms with Crippen LogP contribution in [-0.2, 0) is 61.3 Å². The molecule has 0 aromatic carbocycles. The zero-order valence-electron chi connectivity index (χ0n) is 95.6. The molecule has 10 aliphatic rings. The molecule has 145 heavy (non-hydrogen) atoms. The summed E-state index contributed by atoms with van der Waals surface area (Å²) >= 11 is 0. The summed E-state index contributed by atoms with van der Waals surface area (Å²) in [5, 5.41) is 62.8. The zero-order chi connectivity index (χ0) is 109. The number of ether oxygens (including phenoxy) is 3. The van der Waals surface area contributed by atoms with E-state index in [1.807, 2.05) is 98.3 Å². The van der Waals surface area contributed by atoms with Crippen LogP contribution in [0.2, 0.25) is 0 Å². The van der Waals surface area contributed by atoms with Crippen LogP contribution >= 0.6 is 16.8 Å². The predicted octanol–water partition coefficient (Wildman–Crippen LogP) is 17.8. The molecular formula is C109H204N17O17P2+. The van der Waals surface area contributed by atoms with Gasteiger partial charge in [0.25, 0.3) is 0 Å². The van der Waals surface area contributed by atoms with Gasteiger partial charge in [-0.05, 0) is 221 Å². The number of carbonyl (C=O) groups excluding carboxylic acids is 8. The molecule has 34 nitrogen and oxygen atoms in total. The first-order valence-electron chi connectivity index (χ1n) is 55.9. The number of Topliss-reactive ketones (excluding diaryl/α,β-unsaturated/α-hetero) is 1. The van der Waals surface area contributed by atoms with Gasteiger partial charge in [-0.3, -0.25) is 38.6 Å². The van der Waals surface area contributed by atoms with Crippen molar-refractivity contribution in [3.8, 4) is 12.1 Å². The van der Waals surface area contributed by atoms with E-state index in [0.717, 1.165) is 101 Å². The van der Waals surface area contributed by atoms with Crippen molar-refractivity contribution >= 4 is 70.5 Å². The van der Waals surface area contributed by atoms with E-state index in [4.69, 9.17) is 38.3 Å². The molecule has 7 N–H and O–H groups in total. The van der Waals surface area contributed by atoms with Gasteiger partial charge in [0.15, 0.2) is 8.45 Å². The van der Waals surface area contributed by atoms with E-state index in [-0.39, 0.29) is 121 Å². The van der Waals surface area contributed by atoms with Crippen LogP contribution < -0.4 is 16.1 Å². The first-order chi connectivity index (χ1) is 68.8. The number of nitrogens with one attached hydrogen (secondary N) is 2. The van der Waals surface area contributed by atoms with Gasteiger partial charge in [0.2, 0.25) is 44.2 Å². The standard InChI is InChI=1S/C38H64N2O5.C17H33N4O3P.C15H32N3OP.C14H23NO4.2C9H17NO2.C6H15N.CH2N4/c1-5-7-8-9-10-11-12-27-14-16-31-30-15-13-28-24-29(17-20-38(28,4)32(30)18-21-37(27,31)3)45-36(43)39-25-35(42)40-22-19-34(41)33(40)26-44-23-6-2;1-7-14-12-21(16(22)8-2)13-15(14)24-25(23-11-9-10-18)17(19(3)4)20(5)6;1-12(2)17(13(3)4)20(19-11-9-10-16)18(14(5)6)15(7)8;1-4-11-12(8-9-15(11)13(17)5-2)19-14(18)7-6-10(3)16;1-3-7-5-10(6-8(7)11)9(12)4-2;1-3-7-8(11)5-6-10(7)9(12)4-2;1-5(2)7-6(3)4;1-2-4-5-3-1/h13,27,29-34,41H,5-12,14-26H2,1-4H3,(H,39,43);14-15,17H,7-9,11-13H2,1-6H3;12-15H,9,11H2,1-8H3;11-12H,4-9H2,1-3H3;2*7-8,11H,3-6H2,1-2H3;5-7H,1-4H3;1H,(H,2,3,4,5)/p+1/t27-,29?,30?,31?,32?,33+,34+,37+,38-;14-,15+,25?;;11-,12-;7-,8+;7-,8-;;/m11.010../s1. The molecule has 36 heteroatoms. The Kier molecular flexibility index (Phi) is 65.3. The second kappa shape index (κ2) is 71.1. The van der Waals surface area contributed by atoms with Crippen LogP contribution in [0.5, 0.6) is 0 Å². The smallest absolute Gasteiger partial charge is 0.407 e. The van der Waals surface area contributed by atoms with Gasteiger partial charge in [-0.2, -0.15) is 15.9 Å². The highest BCUT2D eigenvalue weighted by atomic mass is 31.2. The van der Waals surface area contributed by atoms with Crippen molar-refractivity contribution in [1.82, 2.24) is 54.3 Å². The summed E-state index contributed by atoms with van der Waals surface area (Å²) in [6, 6.07) is 6.90. The van der Waals surface area contributed by atoms with Gasteiger partial charge in [0.1, 0.15) is 30.4 Å². The number of fused-ring (bicyclic) bond motifs is 5. The number of likely N-dealkylation sites (tertiary alicyclic amines) is 5. The lowest BCUT2D eigenvalue weighted by atomic mass is 9.47. The van der Waals surface area contributed by atoms with Crippen molar-refractivity contribution in [2.75, 3.05) is 107 Å². The number of hydrogen-bond acceptors (Lipinski definition) is 27. The average molecular weight is 2090 g/mol. The number of allylic oxidation sites excluding steroid dienone is 1. The number of unbranched alkanes of at least 4 members (excludes halogenated alkanes) is 5. The van der Waals surface area contributed by atoms with Crippen LogP contribution in [0.4, 0.5) is 4.79 Å². The van der Waals surface area contributed by atoms with Gasteiger partial charge in [-0.15, -0.1) is 0 Å². The van der Waals surface area contributed by atoms with Crippen LogP contribution in [0, 0.1) is 69.0 Å². The largest absolute Gasteiger partial charge is 0.460 e. The zero-order valence-corrected chi connectivity index (χ0v) is 97.3. The SMILES string of the molecule is C1=NN=N[NH2+]1.CC(C)N(C(C)C)P(OCCC#N)N(C(C)C)C(C)C.CC(C)NC(C)C.CCC(=O)N1CC[C@H](O)[C@@H]1CC.CCC(=O)N1CC[C@H](OC(=O)CCC(C)=O)[C@@H]1CC.CCC(=O)N1C[C@@H](CC)[C@@H](O)C1.CCC(=O)N1C[C@@H](CC)[C@@H](OP(OCCC#N)C(N(C)C)N(C)C)C1.CCCCCCCC[C@@H]1CCC2C3CC=C4CC(OC(=O)NCC(=O)N5CC[C@H](O)[C@@H]5COCCC)CC[C@@]4(C)C3CC[C@]21C. The average Bonchev–Trinajstić information content (AvgIpc) is 1.63. The molecule has 8 fully saturated rings. The third kappa shape index (κ3) is 44.0. The van der Waals surface area contributed by atoms with Gasteiger partial charge in [0.05, 0.1) is 99.0 Å². The third-order valence-corrected chi connectivity index (χ3v) is 35.4. The summed E-state index contributed by atoms with van der Waals surface area (Å²) in [5.41, 5.74) is 3.78. The number of carbonyl (C=O) groups is 8. The van der Waals surface area contributed by atoms with Gasteiger partial charge in [-0.25, -0.2) is 14.1 Å². The Bertz CT molecular complexity index is 3840. The van der Waals surface area contributed by atoms with Crippen molar-refractivity contribution in [2.45, 2.75) is 469 Å². The molecule has 6 heterocycles. The summed E-state index contributed by atoms with van der Waals surface area (Å²) in [6.45, 7) is 59.1. The fourth-order valence-corrected chi connectivity index (χ4v) is 27.1. The molecule has 5 unspecified atom stereocenters. The van der Waals surface area contributed by atoms with Crippen molar-refractivity contribution in [2.24, 2.45) is 61.9 Å². The Morgan fingerprint density at radius 3 is 1.57 bits per heavy atom. The van der Waals surface area contributed by atoms with E-state index >= 15 is 0 Å². The number of β-amino-alcohol motifs (C(OH)–C–C–N with tert-alkyl or cyclic N) is 1. The first kappa shape index (κ1) is 133. The molecule has 6 aliphatic heterocycles. The van der Waals surface area contributed by atoms with Crippen LogP contribution in [0.3, 0.4) is 0 Å². The number of aliphatic hydroxyl groups is 3. The summed E-state index contributed by atoms with van der Waals surface area (Å²) < 4.78 is 40.3. The number of hydrogen-bond donors (Lipinski definition) is 6. The molecule has 0 bridgehead atoms. The molecule has 3 saturated carbocycles. The second-order valence-electron chi connectivity index (χ2n) is 43.4. The molecule has 18 atom stereocenters. The number of rotatable bonds is 45. The number of aliphatic hydroxyl groups excluding tert-OH is 3. The van der Waals surface area contributed by atoms with E-state index in [0.29, 0.717) is 157 Å². The van der Waals surface area contributed by atoms with Crippen molar-refractivity contribution in [3.63, 3.8) is 0 Å². The molecule has 0 aromatic heterocycles. The van der Waals surface area contributed by atoms with Crippen LogP contribution in [0.15, 0.2) is 27.2 Å². The highest BCUT2D eigenvalue weighted by Gasteiger charge is 2.59. The van der Waals surface area contributed by atoms with E-state index in [1.165, 1.54) is 101 Å². The van der Waals surface area contributed by atoms with Crippen LogP contribution in [-0.4, -0.2) is 317 Å². The summed E-state index contributed by atoms with van der Waals surface area (Å²) in [4.78, 5) is 108. The van der Waals surface area contributed by atoms with Gasteiger partial charge >= 0.3 is 12.1 Å². The Morgan fingerprint density at radius 1 is 0.559 bits per heavy atom. The number of nitriles is 2. The lowest BCUT2D eigenvalue weighted by Gasteiger charge is -2.58. The fourth-order valence-electron chi connectivity index (χ4n) is 22.9. The van der Waals surface area contributed by atoms with E-state index in [9.17, 15) is 53.7 Å². The number of nitrogens with zero attached hydrogens (tertiary/aromatic N) is 14. The van der Waals surface area contributed by atoms with Gasteiger partial charge in [-0.1, -0.05) is 166 Å². The molecule has 0 aromatic rings. The minimum absolute atomic E-state index is 0.0119.